The first-order valence-electron chi connectivity index (χ1n) is 6.74. The Kier molecular flexibility index (Phi) is 4.55. The fourth-order valence-electron chi connectivity index (χ4n) is 2.63. The molecular formula is C15H22O2. The van der Waals surface area contributed by atoms with Crippen LogP contribution in [0.25, 0.3) is 0 Å². The predicted molar refractivity (Wildman–Crippen MR) is 68.8 cm³/mol. The summed E-state index contributed by atoms with van der Waals surface area (Å²) in [6.45, 7) is 3.93. The van der Waals surface area contributed by atoms with Crippen LogP contribution in [0.15, 0.2) is 23.8 Å². The molecule has 1 aliphatic carbocycles. The molecule has 94 valence electrons. The summed E-state index contributed by atoms with van der Waals surface area (Å²) in [5.41, 5.74) is 1.02. The SMILES string of the molecule is CC1CCOCCC1CC(=O)C1=CC=CCC1. The van der Waals surface area contributed by atoms with Crippen LogP contribution in [0.2, 0.25) is 0 Å². The highest BCUT2D eigenvalue weighted by molar-refractivity contribution is 5.95. The van der Waals surface area contributed by atoms with E-state index in [9.17, 15) is 4.79 Å². The highest BCUT2D eigenvalue weighted by Crippen LogP contribution is 2.28. The molecule has 0 amide bonds. The first-order valence-corrected chi connectivity index (χ1v) is 6.74. The van der Waals surface area contributed by atoms with Crippen LogP contribution in [-0.2, 0) is 9.53 Å². The summed E-state index contributed by atoms with van der Waals surface area (Å²) in [6.07, 6.45) is 10.9. The molecule has 2 atom stereocenters. The maximum absolute atomic E-state index is 12.2. The quantitative estimate of drug-likeness (QED) is 0.749. The first kappa shape index (κ1) is 12.6. The third-order valence-electron chi connectivity index (χ3n) is 3.97. The van der Waals surface area contributed by atoms with Crippen molar-refractivity contribution in [3.8, 4) is 0 Å². The Labute approximate surface area is 104 Å². The van der Waals surface area contributed by atoms with Gasteiger partial charge in [-0.15, -0.1) is 0 Å². The minimum atomic E-state index is 0.355. The molecule has 2 heteroatoms. The second-order valence-corrected chi connectivity index (χ2v) is 5.21. The van der Waals surface area contributed by atoms with Gasteiger partial charge >= 0.3 is 0 Å². The van der Waals surface area contributed by atoms with E-state index in [2.05, 4.69) is 13.0 Å². The third-order valence-corrected chi connectivity index (χ3v) is 3.97. The van der Waals surface area contributed by atoms with Crippen LogP contribution in [0.1, 0.15) is 39.0 Å². The highest BCUT2D eigenvalue weighted by atomic mass is 16.5. The van der Waals surface area contributed by atoms with Crippen molar-refractivity contribution >= 4 is 5.78 Å². The van der Waals surface area contributed by atoms with Crippen LogP contribution in [0, 0.1) is 11.8 Å². The van der Waals surface area contributed by atoms with Gasteiger partial charge in [-0.3, -0.25) is 4.79 Å². The zero-order valence-electron chi connectivity index (χ0n) is 10.7. The van der Waals surface area contributed by atoms with Gasteiger partial charge in [-0.05, 0) is 43.1 Å². The molecule has 2 aliphatic rings. The topological polar surface area (TPSA) is 26.3 Å². The summed E-state index contributed by atoms with van der Waals surface area (Å²) >= 11 is 0. The molecule has 0 saturated carbocycles. The minimum Gasteiger partial charge on any atom is -0.381 e. The van der Waals surface area contributed by atoms with E-state index >= 15 is 0 Å². The molecule has 17 heavy (non-hydrogen) atoms. The van der Waals surface area contributed by atoms with Gasteiger partial charge in [0.15, 0.2) is 5.78 Å². The van der Waals surface area contributed by atoms with Crippen molar-refractivity contribution in [2.24, 2.45) is 11.8 Å². The molecule has 1 saturated heterocycles. The van der Waals surface area contributed by atoms with Crippen LogP contribution in [0.5, 0.6) is 0 Å². The molecule has 1 aliphatic heterocycles. The third kappa shape index (κ3) is 3.53. The van der Waals surface area contributed by atoms with Gasteiger partial charge in [0.2, 0.25) is 0 Å². The Hall–Kier alpha value is -0.890. The summed E-state index contributed by atoms with van der Waals surface area (Å²) in [5.74, 6) is 1.48. The summed E-state index contributed by atoms with van der Waals surface area (Å²) in [5, 5.41) is 0. The van der Waals surface area contributed by atoms with E-state index in [0.29, 0.717) is 24.0 Å². The van der Waals surface area contributed by atoms with Crippen LogP contribution in [0.3, 0.4) is 0 Å². The fourth-order valence-corrected chi connectivity index (χ4v) is 2.63. The van der Waals surface area contributed by atoms with Crippen LogP contribution < -0.4 is 0 Å². The summed E-state index contributed by atoms with van der Waals surface area (Å²) in [7, 11) is 0. The minimum absolute atomic E-state index is 0.355. The van der Waals surface area contributed by atoms with Crippen molar-refractivity contribution in [2.45, 2.75) is 39.0 Å². The van der Waals surface area contributed by atoms with E-state index in [1.54, 1.807) is 0 Å². The number of hydrogen-bond acceptors (Lipinski definition) is 2. The number of Topliss-reactive ketones (excluding diaryl/α,β-unsaturated/α-hetero) is 1. The monoisotopic (exact) mass is 234 g/mol. The van der Waals surface area contributed by atoms with Gasteiger partial charge in [0.05, 0.1) is 0 Å². The Morgan fingerprint density at radius 1 is 1.41 bits per heavy atom. The average Bonchev–Trinajstić information content (AvgIpc) is 2.56. The largest absolute Gasteiger partial charge is 0.381 e. The lowest BCUT2D eigenvalue weighted by molar-refractivity contribution is -0.117. The summed E-state index contributed by atoms with van der Waals surface area (Å²) in [6, 6.07) is 0. The van der Waals surface area contributed by atoms with Crippen molar-refractivity contribution in [1.29, 1.82) is 0 Å². The van der Waals surface area contributed by atoms with Crippen LogP contribution in [-0.4, -0.2) is 19.0 Å². The number of carbonyl (C=O) groups is 1. The zero-order chi connectivity index (χ0) is 12.1. The van der Waals surface area contributed by atoms with Gasteiger partial charge in [-0.1, -0.05) is 25.2 Å². The van der Waals surface area contributed by atoms with Crippen molar-refractivity contribution in [3.05, 3.63) is 23.8 Å². The number of rotatable bonds is 3. The number of ether oxygens (including phenoxy) is 1. The molecule has 0 radical (unpaired) electrons. The molecule has 1 fully saturated rings. The number of hydrogen-bond donors (Lipinski definition) is 0. The molecule has 2 rings (SSSR count). The van der Waals surface area contributed by atoms with E-state index in [0.717, 1.165) is 44.5 Å². The highest BCUT2D eigenvalue weighted by Gasteiger charge is 2.24. The Bertz CT molecular complexity index is 328. The van der Waals surface area contributed by atoms with Crippen molar-refractivity contribution in [2.75, 3.05) is 13.2 Å². The standard InChI is InChI=1S/C15H22O2/c1-12-7-9-17-10-8-14(12)11-15(16)13-5-3-2-4-6-13/h2-3,5,12,14H,4,6-11H2,1H3. The molecule has 2 unspecified atom stereocenters. The van der Waals surface area contributed by atoms with E-state index in [1.165, 1.54) is 0 Å². The molecule has 2 nitrogen and oxygen atoms in total. The molecule has 0 bridgehead atoms. The fraction of sp³-hybridized carbons (Fsp3) is 0.667. The van der Waals surface area contributed by atoms with E-state index < -0.39 is 0 Å². The van der Waals surface area contributed by atoms with E-state index in [-0.39, 0.29) is 0 Å². The number of carbonyl (C=O) groups excluding carboxylic acids is 1. The van der Waals surface area contributed by atoms with Gasteiger partial charge < -0.3 is 4.74 Å². The Balaban J connectivity index is 1.92. The molecule has 0 aromatic carbocycles. The van der Waals surface area contributed by atoms with Crippen molar-refractivity contribution in [1.82, 2.24) is 0 Å². The maximum atomic E-state index is 12.2. The molecule has 0 aromatic rings. The average molecular weight is 234 g/mol. The lowest BCUT2D eigenvalue weighted by Crippen LogP contribution is -2.17. The van der Waals surface area contributed by atoms with Gasteiger partial charge in [-0.25, -0.2) is 0 Å². The maximum Gasteiger partial charge on any atom is 0.159 e. The molecule has 0 N–H and O–H groups in total. The molecular weight excluding hydrogens is 212 g/mol. The van der Waals surface area contributed by atoms with Gasteiger partial charge in [-0.2, -0.15) is 0 Å². The molecule has 0 spiro atoms. The van der Waals surface area contributed by atoms with E-state index in [4.69, 9.17) is 4.74 Å². The van der Waals surface area contributed by atoms with Gasteiger partial charge in [0.1, 0.15) is 0 Å². The molecule has 1 heterocycles. The second kappa shape index (κ2) is 6.15. The second-order valence-electron chi connectivity index (χ2n) is 5.21. The summed E-state index contributed by atoms with van der Waals surface area (Å²) < 4.78 is 5.49. The van der Waals surface area contributed by atoms with Crippen LogP contribution in [0.4, 0.5) is 0 Å². The van der Waals surface area contributed by atoms with Gasteiger partial charge in [0, 0.05) is 19.6 Å². The summed E-state index contributed by atoms with van der Waals surface area (Å²) in [4.78, 5) is 12.2. The number of ketones is 1. The van der Waals surface area contributed by atoms with Crippen molar-refractivity contribution in [3.63, 3.8) is 0 Å². The Morgan fingerprint density at radius 3 is 3.00 bits per heavy atom. The predicted octanol–water partition coefficient (Wildman–Crippen LogP) is 3.28. The first-order chi connectivity index (χ1) is 8.27. The smallest absolute Gasteiger partial charge is 0.159 e. The Morgan fingerprint density at radius 2 is 2.24 bits per heavy atom. The van der Waals surface area contributed by atoms with Crippen molar-refractivity contribution < 1.29 is 9.53 Å². The van der Waals surface area contributed by atoms with Crippen LogP contribution >= 0.6 is 0 Å². The molecule has 0 aromatic heterocycles. The zero-order valence-corrected chi connectivity index (χ0v) is 10.7. The normalized spacial score (nSPS) is 29.6. The number of allylic oxidation sites excluding steroid dienone is 4. The van der Waals surface area contributed by atoms with E-state index in [1.807, 2.05) is 12.2 Å². The lowest BCUT2D eigenvalue weighted by atomic mass is 9.83. The van der Waals surface area contributed by atoms with Gasteiger partial charge in [0.25, 0.3) is 0 Å². The lowest BCUT2D eigenvalue weighted by Gasteiger charge is -2.20.